The highest BCUT2D eigenvalue weighted by Gasteiger charge is 2.23. The minimum absolute atomic E-state index is 0.0495. The number of anilines is 2. The fourth-order valence-corrected chi connectivity index (χ4v) is 2.97. The summed E-state index contributed by atoms with van der Waals surface area (Å²) < 4.78 is 6.12. The van der Waals surface area contributed by atoms with Crippen LogP contribution >= 0.6 is 0 Å². The Hall–Kier alpha value is -2.56. The highest BCUT2D eigenvalue weighted by Crippen LogP contribution is 2.36. The second-order valence-corrected chi connectivity index (χ2v) is 7.08. The zero-order chi connectivity index (χ0) is 18.7. The van der Waals surface area contributed by atoms with Gasteiger partial charge in [-0.2, -0.15) is 0 Å². The third-order valence-corrected chi connectivity index (χ3v) is 4.70. The topological polar surface area (TPSA) is 62.7 Å². The highest BCUT2D eigenvalue weighted by molar-refractivity contribution is 5.85. The minimum Gasteiger partial charge on any atom is -0.493 e. The largest absolute Gasteiger partial charge is 0.493 e. The molecule has 1 aliphatic carbocycles. The van der Waals surface area contributed by atoms with E-state index in [4.69, 9.17) is 9.84 Å². The van der Waals surface area contributed by atoms with Crippen molar-refractivity contribution in [2.75, 3.05) is 18.1 Å². The van der Waals surface area contributed by atoms with Gasteiger partial charge in [-0.05, 0) is 55.4 Å². The molecule has 26 heavy (non-hydrogen) atoms. The normalized spacial score (nSPS) is 13.7. The molecule has 0 saturated heterocycles. The van der Waals surface area contributed by atoms with Gasteiger partial charge >= 0.3 is 5.97 Å². The van der Waals surface area contributed by atoms with Gasteiger partial charge in [0.15, 0.2) is 0 Å². The molecule has 0 radical (unpaired) electrons. The molecular formula is C21H26N2O3. The smallest absolute Gasteiger partial charge is 0.354 e. The number of aromatic nitrogens is 1. The fourth-order valence-electron chi connectivity index (χ4n) is 2.97. The summed E-state index contributed by atoms with van der Waals surface area (Å²) in [5, 5.41) is 9.02. The summed E-state index contributed by atoms with van der Waals surface area (Å²) in [6, 6.07) is 9.64. The van der Waals surface area contributed by atoms with E-state index in [1.165, 1.54) is 24.5 Å². The number of ether oxygens (including phenoxy) is 1. The molecule has 0 spiro atoms. The van der Waals surface area contributed by atoms with Gasteiger partial charge in [0.05, 0.1) is 18.5 Å². The van der Waals surface area contributed by atoms with E-state index >= 15 is 0 Å². The SMILES string of the molecule is CCN(c1ccc(C(=O)O)nc1)c1ccc(C(C)C)c(OCC2CC2)c1. The molecule has 0 bridgehead atoms. The second-order valence-electron chi connectivity index (χ2n) is 7.08. The molecule has 0 amide bonds. The third kappa shape index (κ3) is 4.15. The molecule has 1 heterocycles. The van der Waals surface area contributed by atoms with Crippen LogP contribution < -0.4 is 9.64 Å². The fraction of sp³-hybridized carbons (Fsp3) is 0.429. The second kappa shape index (κ2) is 7.77. The van der Waals surface area contributed by atoms with Crippen LogP contribution in [0.4, 0.5) is 11.4 Å². The third-order valence-electron chi connectivity index (χ3n) is 4.70. The maximum absolute atomic E-state index is 11.0. The number of pyridine rings is 1. The van der Waals surface area contributed by atoms with E-state index < -0.39 is 5.97 Å². The number of nitrogens with zero attached hydrogens (tertiary/aromatic N) is 2. The zero-order valence-electron chi connectivity index (χ0n) is 15.6. The maximum Gasteiger partial charge on any atom is 0.354 e. The molecular weight excluding hydrogens is 328 g/mol. The lowest BCUT2D eigenvalue weighted by Crippen LogP contribution is -2.17. The van der Waals surface area contributed by atoms with Gasteiger partial charge in [0.2, 0.25) is 0 Å². The van der Waals surface area contributed by atoms with E-state index in [9.17, 15) is 4.79 Å². The predicted molar refractivity (Wildman–Crippen MR) is 103 cm³/mol. The molecule has 1 N–H and O–H groups in total. The van der Waals surface area contributed by atoms with Crippen LogP contribution in [0.5, 0.6) is 5.75 Å². The Balaban J connectivity index is 1.89. The number of hydrogen-bond donors (Lipinski definition) is 1. The van der Waals surface area contributed by atoms with Gasteiger partial charge in [-0.25, -0.2) is 9.78 Å². The first-order chi connectivity index (χ1) is 12.5. The summed E-state index contributed by atoms with van der Waals surface area (Å²) in [4.78, 5) is 17.1. The Labute approximate surface area is 154 Å². The molecule has 0 aliphatic heterocycles. The number of carboxylic acids is 1. The number of carbonyl (C=O) groups is 1. The summed E-state index contributed by atoms with van der Waals surface area (Å²) in [5.74, 6) is 1.02. The van der Waals surface area contributed by atoms with Gasteiger partial charge in [0, 0.05) is 18.3 Å². The van der Waals surface area contributed by atoms with E-state index in [2.05, 4.69) is 48.9 Å². The predicted octanol–water partition coefficient (Wildman–Crippen LogP) is 4.85. The zero-order valence-corrected chi connectivity index (χ0v) is 15.6. The number of carboxylic acid groups (broad SMARTS) is 1. The average molecular weight is 354 g/mol. The van der Waals surface area contributed by atoms with Crippen molar-refractivity contribution in [2.24, 2.45) is 5.92 Å². The number of aromatic carboxylic acids is 1. The van der Waals surface area contributed by atoms with Crippen molar-refractivity contribution < 1.29 is 14.6 Å². The Morgan fingerprint density at radius 1 is 1.27 bits per heavy atom. The summed E-state index contributed by atoms with van der Waals surface area (Å²) in [6.07, 6.45) is 4.13. The van der Waals surface area contributed by atoms with Crippen LogP contribution in [-0.2, 0) is 0 Å². The van der Waals surface area contributed by atoms with Crippen molar-refractivity contribution in [1.82, 2.24) is 4.98 Å². The first-order valence-electron chi connectivity index (χ1n) is 9.23. The van der Waals surface area contributed by atoms with Gasteiger partial charge in [0.25, 0.3) is 0 Å². The van der Waals surface area contributed by atoms with Crippen LogP contribution in [0, 0.1) is 5.92 Å². The lowest BCUT2D eigenvalue weighted by molar-refractivity contribution is 0.0690. The van der Waals surface area contributed by atoms with E-state index in [1.54, 1.807) is 12.3 Å². The lowest BCUT2D eigenvalue weighted by Gasteiger charge is -2.25. The van der Waals surface area contributed by atoms with Gasteiger partial charge in [0.1, 0.15) is 11.4 Å². The van der Waals surface area contributed by atoms with Gasteiger partial charge in [-0.1, -0.05) is 19.9 Å². The molecule has 1 aliphatic rings. The van der Waals surface area contributed by atoms with Crippen LogP contribution in [0.3, 0.4) is 0 Å². The van der Waals surface area contributed by atoms with E-state index in [0.717, 1.165) is 30.3 Å². The molecule has 3 rings (SSSR count). The first kappa shape index (κ1) is 18.2. The molecule has 5 heteroatoms. The molecule has 5 nitrogen and oxygen atoms in total. The number of benzene rings is 1. The monoisotopic (exact) mass is 354 g/mol. The maximum atomic E-state index is 11.0. The molecule has 1 fully saturated rings. The van der Waals surface area contributed by atoms with Gasteiger partial charge < -0.3 is 14.7 Å². The standard InChI is InChI=1S/C21H26N2O3/c1-4-23(17-8-10-19(21(24)25)22-12-17)16-7-9-18(14(2)3)20(11-16)26-13-15-5-6-15/h7-12,14-15H,4-6,13H2,1-3H3,(H,24,25). The average Bonchev–Trinajstić information content (AvgIpc) is 3.45. The number of hydrogen-bond acceptors (Lipinski definition) is 4. The molecule has 1 aromatic heterocycles. The van der Waals surface area contributed by atoms with Crippen LogP contribution in [0.15, 0.2) is 36.5 Å². The Bertz CT molecular complexity index is 767. The van der Waals surface area contributed by atoms with Gasteiger partial charge in [-0.15, -0.1) is 0 Å². The van der Waals surface area contributed by atoms with Crippen molar-refractivity contribution in [2.45, 2.75) is 39.5 Å². The summed E-state index contributed by atoms with van der Waals surface area (Å²) >= 11 is 0. The van der Waals surface area contributed by atoms with Crippen LogP contribution in [0.25, 0.3) is 0 Å². The Morgan fingerprint density at radius 2 is 2.00 bits per heavy atom. The van der Waals surface area contributed by atoms with Crippen LogP contribution in [-0.4, -0.2) is 29.2 Å². The molecule has 138 valence electrons. The lowest BCUT2D eigenvalue weighted by atomic mass is 10.0. The summed E-state index contributed by atoms with van der Waals surface area (Å²) in [6.45, 7) is 7.93. The van der Waals surface area contributed by atoms with E-state index in [-0.39, 0.29) is 5.69 Å². The summed E-state index contributed by atoms with van der Waals surface area (Å²) in [7, 11) is 0. The molecule has 1 saturated carbocycles. The van der Waals surface area contributed by atoms with Crippen molar-refractivity contribution in [1.29, 1.82) is 0 Å². The Kier molecular flexibility index (Phi) is 5.45. The Morgan fingerprint density at radius 3 is 2.54 bits per heavy atom. The molecule has 2 aromatic rings. The highest BCUT2D eigenvalue weighted by atomic mass is 16.5. The molecule has 0 atom stereocenters. The summed E-state index contributed by atoms with van der Waals surface area (Å²) in [5.41, 5.74) is 3.15. The van der Waals surface area contributed by atoms with Crippen molar-refractivity contribution >= 4 is 17.3 Å². The quantitative estimate of drug-likeness (QED) is 0.734. The van der Waals surface area contributed by atoms with E-state index in [0.29, 0.717) is 11.8 Å². The minimum atomic E-state index is -1.02. The number of rotatable bonds is 8. The van der Waals surface area contributed by atoms with Gasteiger partial charge in [-0.3, -0.25) is 0 Å². The van der Waals surface area contributed by atoms with Crippen molar-refractivity contribution in [3.63, 3.8) is 0 Å². The molecule has 0 unspecified atom stereocenters. The van der Waals surface area contributed by atoms with E-state index in [1.807, 2.05) is 0 Å². The van der Waals surface area contributed by atoms with Crippen LogP contribution in [0.1, 0.15) is 55.6 Å². The van der Waals surface area contributed by atoms with Crippen LogP contribution in [0.2, 0.25) is 0 Å². The van der Waals surface area contributed by atoms with Crippen molar-refractivity contribution in [3.05, 3.63) is 47.8 Å². The van der Waals surface area contributed by atoms with Crippen molar-refractivity contribution in [3.8, 4) is 5.75 Å². The molecule has 1 aromatic carbocycles. The first-order valence-corrected chi connectivity index (χ1v) is 9.23.